The second-order valence-corrected chi connectivity index (χ2v) is 4.49. The second-order valence-electron chi connectivity index (χ2n) is 4.49. The van der Waals surface area contributed by atoms with Crippen LogP contribution in [0, 0.1) is 5.41 Å². The van der Waals surface area contributed by atoms with E-state index in [1.54, 1.807) is 0 Å². The maximum atomic E-state index is 9.98. The molecule has 1 heteroatoms. The van der Waals surface area contributed by atoms with Crippen molar-refractivity contribution in [3.8, 4) is 0 Å². The summed E-state index contributed by atoms with van der Waals surface area (Å²) in [5.74, 6) is 0. The van der Waals surface area contributed by atoms with Gasteiger partial charge in [-0.1, -0.05) is 25.5 Å². The van der Waals surface area contributed by atoms with Gasteiger partial charge in [-0.2, -0.15) is 0 Å². The molecule has 0 aromatic heterocycles. The van der Waals surface area contributed by atoms with Gasteiger partial charge in [0.15, 0.2) is 0 Å². The van der Waals surface area contributed by atoms with Gasteiger partial charge >= 0.3 is 0 Å². The smallest absolute Gasteiger partial charge is 0.0707 e. The molecule has 1 aliphatic rings. The minimum absolute atomic E-state index is 0.0602. The number of hydrogen-bond donors (Lipinski definition) is 1. The van der Waals surface area contributed by atoms with Crippen molar-refractivity contribution in [1.82, 2.24) is 0 Å². The summed E-state index contributed by atoms with van der Waals surface area (Å²) in [4.78, 5) is 0. The summed E-state index contributed by atoms with van der Waals surface area (Å²) in [5, 5.41) is 9.98. The number of aliphatic hydroxyl groups is 1. The highest BCUT2D eigenvalue weighted by molar-refractivity contribution is 5.16. The fourth-order valence-corrected chi connectivity index (χ4v) is 1.61. The van der Waals surface area contributed by atoms with Crippen molar-refractivity contribution < 1.29 is 5.11 Å². The molecule has 1 rings (SSSR count). The fourth-order valence-electron chi connectivity index (χ4n) is 1.61. The molecule has 1 N–H and O–H groups in total. The average molecular weight is 154 g/mol. The zero-order valence-electron chi connectivity index (χ0n) is 7.94. The van der Waals surface area contributed by atoms with Crippen molar-refractivity contribution in [3.63, 3.8) is 0 Å². The summed E-state index contributed by atoms with van der Waals surface area (Å²) >= 11 is 0. The first kappa shape index (κ1) is 8.79. The predicted molar refractivity (Wildman–Crippen MR) is 47.4 cm³/mol. The molecule has 11 heavy (non-hydrogen) atoms. The van der Waals surface area contributed by atoms with Crippen molar-refractivity contribution in [2.45, 2.75) is 46.1 Å². The van der Waals surface area contributed by atoms with E-state index >= 15 is 0 Å². The number of hydrogen-bond acceptors (Lipinski definition) is 1. The van der Waals surface area contributed by atoms with E-state index < -0.39 is 5.60 Å². The molecule has 0 amide bonds. The van der Waals surface area contributed by atoms with Gasteiger partial charge in [0.1, 0.15) is 0 Å². The van der Waals surface area contributed by atoms with Gasteiger partial charge in [-0.3, -0.25) is 0 Å². The van der Waals surface area contributed by atoms with Crippen LogP contribution in [0.25, 0.3) is 0 Å². The Morgan fingerprint density at radius 2 is 1.91 bits per heavy atom. The molecule has 0 saturated carbocycles. The van der Waals surface area contributed by atoms with E-state index in [1.807, 2.05) is 6.92 Å². The van der Waals surface area contributed by atoms with Crippen LogP contribution in [0.2, 0.25) is 0 Å². The monoisotopic (exact) mass is 154 g/mol. The van der Waals surface area contributed by atoms with Gasteiger partial charge in [-0.25, -0.2) is 0 Å². The highest BCUT2D eigenvalue weighted by Crippen LogP contribution is 2.41. The Hall–Kier alpha value is -0.300. The normalized spacial score (nSPS) is 36.6. The maximum absolute atomic E-state index is 9.98. The van der Waals surface area contributed by atoms with Crippen LogP contribution < -0.4 is 0 Å². The van der Waals surface area contributed by atoms with Crippen LogP contribution in [-0.4, -0.2) is 10.7 Å². The quantitative estimate of drug-likeness (QED) is 0.531. The van der Waals surface area contributed by atoms with Gasteiger partial charge in [0.05, 0.1) is 5.60 Å². The minimum Gasteiger partial charge on any atom is -0.389 e. The van der Waals surface area contributed by atoms with Crippen molar-refractivity contribution >= 4 is 0 Å². The van der Waals surface area contributed by atoms with Gasteiger partial charge in [0, 0.05) is 5.41 Å². The van der Waals surface area contributed by atoms with E-state index in [4.69, 9.17) is 0 Å². The maximum Gasteiger partial charge on any atom is 0.0707 e. The van der Waals surface area contributed by atoms with Crippen LogP contribution in [0.1, 0.15) is 40.5 Å². The molecule has 1 atom stereocenters. The first-order valence-corrected chi connectivity index (χ1v) is 4.26. The third-order valence-corrected chi connectivity index (χ3v) is 3.00. The summed E-state index contributed by atoms with van der Waals surface area (Å²) in [6.45, 7) is 8.25. The van der Waals surface area contributed by atoms with Gasteiger partial charge < -0.3 is 5.11 Å². The summed E-state index contributed by atoms with van der Waals surface area (Å²) in [6.07, 6.45) is 4.12. The van der Waals surface area contributed by atoms with Gasteiger partial charge in [0.2, 0.25) is 0 Å². The molecular weight excluding hydrogens is 136 g/mol. The lowest BCUT2D eigenvalue weighted by Crippen LogP contribution is -2.42. The molecule has 0 saturated heterocycles. The number of rotatable bonds is 0. The van der Waals surface area contributed by atoms with Crippen LogP contribution in [0.3, 0.4) is 0 Å². The lowest BCUT2D eigenvalue weighted by molar-refractivity contribution is -0.0384. The van der Waals surface area contributed by atoms with Crippen molar-refractivity contribution in [2.75, 3.05) is 0 Å². The van der Waals surface area contributed by atoms with Gasteiger partial charge in [-0.15, -0.1) is 0 Å². The van der Waals surface area contributed by atoms with E-state index in [-0.39, 0.29) is 5.41 Å². The topological polar surface area (TPSA) is 20.2 Å². The third kappa shape index (κ3) is 1.48. The Labute approximate surface area is 69.1 Å². The van der Waals surface area contributed by atoms with E-state index in [9.17, 15) is 5.11 Å². The summed E-state index contributed by atoms with van der Waals surface area (Å²) in [5.41, 5.74) is 0.823. The molecule has 0 bridgehead atoms. The summed E-state index contributed by atoms with van der Waals surface area (Å²) in [6, 6.07) is 0. The predicted octanol–water partition coefficient (Wildman–Crippen LogP) is 2.50. The number of allylic oxidation sites excluding steroid dienone is 1. The second kappa shape index (κ2) is 2.34. The Morgan fingerprint density at radius 1 is 1.36 bits per heavy atom. The first-order valence-electron chi connectivity index (χ1n) is 4.26. The average Bonchev–Trinajstić information content (AvgIpc) is 1.80. The van der Waals surface area contributed by atoms with Gasteiger partial charge in [-0.05, 0) is 26.7 Å². The van der Waals surface area contributed by atoms with Crippen LogP contribution in [0.15, 0.2) is 11.6 Å². The standard InChI is InChI=1S/C10H18O/c1-8-5-6-10(4,11)9(2,3)7-8/h7,11H,5-6H2,1-4H3. The Kier molecular flexibility index (Phi) is 1.87. The first-order chi connectivity index (χ1) is 4.85. The van der Waals surface area contributed by atoms with E-state index in [0.29, 0.717) is 0 Å². The van der Waals surface area contributed by atoms with Crippen molar-refractivity contribution in [2.24, 2.45) is 5.41 Å². The van der Waals surface area contributed by atoms with Crippen LogP contribution in [0.5, 0.6) is 0 Å². The minimum atomic E-state index is -0.521. The zero-order valence-corrected chi connectivity index (χ0v) is 7.94. The summed E-state index contributed by atoms with van der Waals surface area (Å²) < 4.78 is 0. The van der Waals surface area contributed by atoms with E-state index in [0.717, 1.165) is 12.8 Å². The fraction of sp³-hybridized carbons (Fsp3) is 0.800. The van der Waals surface area contributed by atoms with E-state index in [1.165, 1.54) is 5.57 Å². The van der Waals surface area contributed by atoms with Crippen LogP contribution in [-0.2, 0) is 0 Å². The third-order valence-electron chi connectivity index (χ3n) is 3.00. The molecular formula is C10H18O. The highest BCUT2D eigenvalue weighted by Gasteiger charge is 2.39. The summed E-state index contributed by atoms with van der Waals surface area (Å²) in [7, 11) is 0. The van der Waals surface area contributed by atoms with Crippen molar-refractivity contribution in [3.05, 3.63) is 11.6 Å². The SMILES string of the molecule is CC1=CC(C)(C)C(C)(O)CC1. The Bertz CT molecular complexity index is 187. The zero-order chi connectivity index (χ0) is 8.70. The lowest BCUT2D eigenvalue weighted by Gasteiger charge is -2.41. The molecule has 1 aliphatic carbocycles. The van der Waals surface area contributed by atoms with Crippen molar-refractivity contribution in [1.29, 1.82) is 0 Å². The lowest BCUT2D eigenvalue weighted by atomic mass is 9.68. The molecule has 0 aromatic rings. The molecule has 0 aromatic carbocycles. The molecule has 64 valence electrons. The molecule has 0 radical (unpaired) electrons. The Morgan fingerprint density at radius 3 is 2.27 bits per heavy atom. The molecule has 1 nitrogen and oxygen atoms in total. The van der Waals surface area contributed by atoms with E-state index in [2.05, 4.69) is 26.8 Å². The molecule has 0 spiro atoms. The molecule has 0 heterocycles. The highest BCUT2D eigenvalue weighted by atomic mass is 16.3. The molecule has 0 aliphatic heterocycles. The van der Waals surface area contributed by atoms with Crippen LogP contribution in [0.4, 0.5) is 0 Å². The van der Waals surface area contributed by atoms with Crippen LogP contribution >= 0.6 is 0 Å². The van der Waals surface area contributed by atoms with Gasteiger partial charge in [0.25, 0.3) is 0 Å². The largest absolute Gasteiger partial charge is 0.389 e. The molecule has 0 fully saturated rings. The molecule has 1 unspecified atom stereocenters. The Balaban J connectivity index is 2.95.